The highest BCUT2D eigenvalue weighted by atomic mass is 32.2. The van der Waals surface area contributed by atoms with E-state index >= 15 is 0 Å². The van der Waals surface area contributed by atoms with Crippen LogP contribution in [0, 0.1) is 0 Å². The third-order valence-electron chi connectivity index (χ3n) is 1.62. The number of carbonyl (C=O) groups excluding carboxylic acids is 2. The van der Waals surface area contributed by atoms with Crippen molar-refractivity contribution in [3.05, 3.63) is 0 Å². The lowest BCUT2D eigenvalue weighted by Crippen LogP contribution is -2.22. The first-order valence-corrected chi connectivity index (χ1v) is 5.63. The zero-order valence-electron chi connectivity index (χ0n) is 7.96. The van der Waals surface area contributed by atoms with Gasteiger partial charge in [0.05, 0.1) is 17.2 Å². The molecular formula is C8H12N2O2S3. The molecule has 15 heavy (non-hydrogen) atoms. The first-order valence-electron chi connectivity index (χ1n) is 4.22. The van der Waals surface area contributed by atoms with Gasteiger partial charge in [-0.1, -0.05) is 0 Å². The third-order valence-corrected chi connectivity index (χ3v) is 2.78. The zero-order valence-corrected chi connectivity index (χ0v) is 10.6. The fraction of sp³-hybridized carbons (Fsp3) is 0.750. The summed E-state index contributed by atoms with van der Waals surface area (Å²) < 4.78 is -0.578. The highest BCUT2D eigenvalue weighted by molar-refractivity contribution is 8.00. The van der Waals surface area contributed by atoms with E-state index in [1.165, 1.54) is 12.2 Å². The van der Waals surface area contributed by atoms with Crippen LogP contribution in [0.25, 0.3) is 0 Å². The molecule has 0 heterocycles. The Hall–Kier alpha value is -0.190. The van der Waals surface area contributed by atoms with E-state index in [4.69, 9.17) is 0 Å². The summed E-state index contributed by atoms with van der Waals surface area (Å²) in [5.41, 5.74) is 0. The van der Waals surface area contributed by atoms with Crippen molar-refractivity contribution in [2.75, 3.05) is 13.1 Å². The maximum absolute atomic E-state index is 9.86. The normalized spacial score (nSPS) is 12.5. The average molecular weight is 264 g/mol. The Morgan fingerprint density at radius 1 is 1.20 bits per heavy atom. The third kappa shape index (κ3) is 8.78. The van der Waals surface area contributed by atoms with Crippen LogP contribution >= 0.6 is 37.9 Å². The Kier molecular flexibility index (Phi) is 7.92. The van der Waals surface area contributed by atoms with Gasteiger partial charge in [-0.15, -0.1) is 0 Å². The summed E-state index contributed by atoms with van der Waals surface area (Å²) in [6.07, 6.45) is 3.96. The van der Waals surface area contributed by atoms with E-state index in [0.717, 1.165) is 0 Å². The van der Waals surface area contributed by atoms with Crippen molar-refractivity contribution in [1.29, 1.82) is 0 Å². The minimum absolute atomic E-state index is 0.110. The van der Waals surface area contributed by atoms with Crippen molar-refractivity contribution in [2.24, 2.45) is 9.98 Å². The van der Waals surface area contributed by atoms with Crippen molar-refractivity contribution in [3.8, 4) is 0 Å². The summed E-state index contributed by atoms with van der Waals surface area (Å²) in [5.74, 6) is 0. The fourth-order valence-electron chi connectivity index (χ4n) is 0.967. The highest BCUT2D eigenvalue weighted by Gasteiger charge is 2.23. The molecule has 0 rings (SSSR count). The molecule has 4 nitrogen and oxygen atoms in total. The van der Waals surface area contributed by atoms with Crippen LogP contribution in [-0.4, -0.2) is 34.6 Å². The van der Waals surface area contributed by atoms with Gasteiger partial charge in [0.1, 0.15) is 0 Å². The van der Waals surface area contributed by atoms with Gasteiger partial charge in [0.15, 0.2) is 0 Å². The van der Waals surface area contributed by atoms with Gasteiger partial charge in [-0.3, -0.25) is 0 Å². The predicted molar refractivity (Wildman–Crippen MR) is 68.7 cm³/mol. The van der Waals surface area contributed by atoms with Crippen LogP contribution in [0.15, 0.2) is 9.98 Å². The second-order valence-electron chi connectivity index (χ2n) is 3.00. The van der Waals surface area contributed by atoms with Crippen LogP contribution in [0.1, 0.15) is 12.8 Å². The lowest BCUT2D eigenvalue weighted by atomic mass is 10.1. The first-order chi connectivity index (χ1) is 7.02. The van der Waals surface area contributed by atoms with Gasteiger partial charge < -0.3 is 0 Å². The Bertz CT molecular complexity index is 284. The van der Waals surface area contributed by atoms with E-state index in [2.05, 4.69) is 47.9 Å². The quantitative estimate of drug-likeness (QED) is 0.281. The number of isocyanates is 2. The molecule has 0 saturated carbocycles. The Balaban J connectivity index is 3.99. The second kappa shape index (κ2) is 8.02. The van der Waals surface area contributed by atoms with Crippen molar-refractivity contribution in [1.82, 2.24) is 0 Å². The molecule has 7 heteroatoms. The molecule has 0 aliphatic heterocycles. The molecule has 0 aromatic heterocycles. The number of rotatable bonds is 7. The van der Waals surface area contributed by atoms with E-state index in [1.54, 1.807) is 0 Å². The van der Waals surface area contributed by atoms with Gasteiger partial charge in [-0.2, -0.15) is 37.9 Å². The summed E-state index contributed by atoms with van der Waals surface area (Å²) in [7, 11) is 0. The van der Waals surface area contributed by atoms with E-state index in [1.807, 2.05) is 0 Å². The molecule has 0 bridgehead atoms. The number of aliphatic imine (C=N–C) groups is 2. The van der Waals surface area contributed by atoms with Crippen molar-refractivity contribution >= 4 is 50.0 Å². The Morgan fingerprint density at radius 2 is 1.80 bits per heavy atom. The smallest absolute Gasteiger partial charge is 0.211 e. The summed E-state index contributed by atoms with van der Waals surface area (Å²) >= 11 is 12.8. The van der Waals surface area contributed by atoms with Gasteiger partial charge in [0.25, 0.3) is 0 Å². The molecule has 84 valence electrons. The van der Waals surface area contributed by atoms with E-state index in [9.17, 15) is 9.59 Å². The maximum atomic E-state index is 9.86. The SMILES string of the molecule is O=C=NCCC(S)(S)CC(S)CN=C=O. The Morgan fingerprint density at radius 3 is 2.33 bits per heavy atom. The number of thiol groups is 3. The molecular weight excluding hydrogens is 252 g/mol. The Labute approximate surface area is 105 Å². The molecule has 1 unspecified atom stereocenters. The van der Waals surface area contributed by atoms with E-state index < -0.39 is 4.08 Å². The summed E-state index contributed by atoms with van der Waals surface area (Å²) in [4.78, 5) is 26.5. The topological polar surface area (TPSA) is 58.9 Å². The molecule has 0 aromatic rings. The molecule has 0 N–H and O–H groups in total. The molecule has 0 spiro atoms. The molecule has 0 aromatic carbocycles. The molecule has 0 saturated heterocycles. The van der Waals surface area contributed by atoms with Gasteiger partial charge in [0.2, 0.25) is 12.2 Å². The molecule has 0 radical (unpaired) electrons. The van der Waals surface area contributed by atoms with Crippen molar-refractivity contribution in [3.63, 3.8) is 0 Å². The molecule has 0 aliphatic rings. The van der Waals surface area contributed by atoms with Crippen LogP contribution < -0.4 is 0 Å². The van der Waals surface area contributed by atoms with E-state index in [-0.39, 0.29) is 11.8 Å². The largest absolute Gasteiger partial charge is 0.234 e. The first kappa shape index (κ1) is 14.8. The van der Waals surface area contributed by atoms with Crippen molar-refractivity contribution < 1.29 is 9.59 Å². The molecule has 0 fully saturated rings. The number of hydrogen-bond donors (Lipinski definition) is 3. The molecule has 0 aliphatic carbocycles. The molecule has 0 amide bonds. The van der Waals surface area contributed by atoms with Crippen LogP contribution in [0.3, 0.4) is 0 Å². The van der Waals surface area contributed by atoms with Crippen LogP contribution in [-0.2, 0) is 9.59 Å². The summed E-state index contributed by atoms with van der Waals surface area (Å²) in [6, 6.07) is 0. The minimum atomic E-state index is -0.578. The van der Waals surface area contributed by atoms with Crippen LogP contribution in [0.2, 0.25) is 0 Å². The second-order valence-corrected chi connectivity index (χ2v) is 5.79. The van der Waals surface area contributed by atoms with Crippen LogP contribution in [0.4, 0.5) is 0 Å². The number of nitrogens with zero attached hydrogens (tertiary/aromatic N) is 2. The van der Waals surface area contributed by atoms with Crippen LogP contribution in [0.5, 0.6) is 0 Å². The lowest BCUT2D eigenvalue weighted by molar-refractivity contribution is 0.558. The van der Waals surface area contributed by atoms with Gasteiger partial charge in [0, 0.05) is 5.25 Å². The van der Waals surface area contributed by atoms with E-state index in [0.29, 0.717) is 19.4 Å². The summed E-state index contributed by atoms with van der Waals surface area (Å²) in [5, 5.41) is -0.110. The fourth-order valence-corrected chi connectivity index (χ4v) is 2.29. The minimum Gasteiger partial charge on any atom is -0.211 e. The van der Waals surface area contributed by atoms with Gasteiger partial charge in [-0.25, -0.2) is 19.6 Å². The zero-order chi connectivity index (χ0) is 11.7. The lowest BCUT2D eigenvalue weighted by Gasteiger charge is -2.23. The standard InChI is InChI=1S/C8H12N2O2S3/c11-5-9-2-1-8(14,15)3-7(13)4-10-6-12/h7,13-15H,1-4H2. The van der Waals surface area contributed by atoms with Crippen molar-refractivity contribution in [2.45, 2.75) is 22.2 Å². The monoisotopic (exact) mass is 264 g/mol. The number of hydrogen-bond acceptors (Lipinski definition) is 7. The summed E-state index contributed by atoms with van der Waals surface area (Å²) in [6.45, 7) is 0.611. The van der Waals surface area contributed by atoms with Gasteiger partial charge >= 0.3 is 0 Å². The predicted octanol–water partition coefficient (Wildman–Crippen LogP) is 1.29. The maximum Gasteiger partial charge on any atom is 0.234 e. The molecule has 1 atom stereocenters. The van der Waals surface area contributed by atoms with Gasteiger partial charge in [-0.05, 0) is 12.8 Å². The highest BCUT2D eigenvalue weighted by Crippen LogP contribution is 2.31. The average Bonchev–Trinajstić information content (AvgIpc) is 2.14.